The largest absolute Gasteiger partial charge is 0.393 e. The zero-order chi connectivity index (χ0) is 21.8. The Labute approximate surface area is 183 Å². The zero-order valence-electron chi connectivity index (χ0n) is 20.0. The maximum atomic E-state index is 13.9. The first-order valence-corrected chi connectivity index (χ1v) is 12.8. The van der Waals surface area contributed by atoms with Crippen LogP contribution in [0.3, 0.4) is 0 Å². The molecule has 30 heavy (non-hydrogen) atoms. The van der Waals surface area contributed by atoms with Crippen LogP contribution in [0, 0.1) is 52.3 Å². The van der Waals surface area contributed by atoms with Crippen LogP contribution < -0.4 is 0 Å². The van der Waals surface area contributed by atoms with Crippen LogP contribution in [0.15, 0.2) is 0 Å². The molecule has 0 aromatic carbocycles. The molecule has 4 saturated carbocycles. The first kappa shape index (κ1) is 22.5. The lowest BCUT2D eigenvalue weighted by molar-refractivity contribution is -0.173. The summed E-state index contributed by atoms with van der Waals surface area (Å²) in [7, 11) is 0. The third-order valence-corrected chi connectivity index (χ3v) is 10.8. The molecule has 0 bridgehead atoms. The van der Waals surface area contributed by atoms with E-state index < -0.39 is 0 Å². The summed E-state index contributed by atoms with van der Waals surface area (Å²) < 4.78 is 0. The standard InChI is InChI=1S/C27H44O3/c1-6-19-23-15-18(29)11-13-27(23,5)22-12-14-26(4)20(16(2)7-8-17(3)28)9-10-21(26)24(22)25(19)30/h16,18-24,29H,6-15H2,1-5H3/t16-,18-,19-,20-,21?,22?,23?,24?,26-,27-/m1/s1. The highest BCUT2D eigenvalue weighted by atomic mass is 16.3. The Morgan fingerprint density at radius 2 is 1.73 bits per heavy atom. The van der Waals surface area contributed by atoms with Gasteiger partial charge in [-0.3, -0.25) is 4.79 Å². The van der Waals surface area contributed by atoms with Gasteiger partial charge in [-0.25, -0.2) is 0 Å². The van der Waals surface area contributed by atoms with Crippen molar-refractivity contribution in [3.63, 3.8) is 0 Å². The fourth-order valence-electron chi connectivity index (χ4n) is 9.24. The van der Waals surface area contributed by atoms with E-state index in [2.05, 4.69) is 27.7 Å². The van der Waals surface area contributed by atoms with Crippen molar-refractivity contribution in [2.45, 2.75) is 105 Å². The fourth-order valence-corrected chi connectivity index (χ4v) is 9.24. The highest BCUT2D eigenvalue weighted by Gasteiger charge is 2.64. The molecule has 0 aromatic rings. The molecule has 4 aliphatic carbocycles. The lowest BCUT2D eigenvalue weighted by atomic mass is 9.42. The van der Waals surface area contributed by atoms with Crippen LogP contribution in [0.4, 0.5) is 0 Å². The number of hydrogen-bond donors (Lipinski definition) is 1. The smallest absolute Gasteiger partial charge is 0.139 e. The van der Waals surface area contributed by atoms with Gasteiger partial charge in [-0.05, 0) is 105 Å². The summed E-state index contributed by atoms with van der Waals surface area (Å²) in [5.41, 5.74) is 0.473. The molecule has 4 rings (SSSR count). The van der Waals surface area contributed by atoms with Crippen LogP contribution >= 0.6 is 0 Å². The van der Waals surface area contributed by atoms with Gasteiger partial charge in [0.15, 0.2) is 0 Å². The zero-order valence-corrected chi connectivity index (χ0v) is 20.0. The van der Waals surface area contributed by atoms with Gasteiger partial charge in [0, 0.05) is 18.3 Å². The summed E-state index contributed by atoms with van der Waals surface area (Å²) in [5, 5.41) is 10.4. The maximum absolute atomic E-state index is 13.9. The third kappa shape index (κ3) is 3.33. The Morgan fingerprint density at radius 1 is 1.07 bits per heavy atom. The molecular formula is C27H44O3. The molecule has 10 atom stereocenters. The van der Waals surface area contributed by atoms with Gasteiger partial charge in [-0.15, -0.1) is 0 Å². The van der Waals surface area contributed by atoms with Crippen LogP contribution in [-0.4, -0.2) is 22.8 Å². The van der Waals surface area contributed by atoms with Gasteiger partial charge in [-0.1, -0.05) is 27.7 Å². The van der Waals surface area contributed by atoms with Gasteiger partial charge >= 0.3 is 0 Å². The van der Waals surface area contributed by atoms with E-state index in [0.717, 1.165) is 32.1 Å². The Hall–Kier alpha value is -0.700. The minimum Gasteiger partial charge on any atom is -0.393 e. The summed E-state index contributed by atoms with van der Waals surface area (Å²) in [4.78, 5) is 25.5. The van der Waals surface area contributed by atoms with E-state index in [9.17, 15) is 14.7 Å². The Bertz CT molecular complexity index is 686. The van der Waals surface area contributed by atoms with Crippen molar-refractivity contribution < 1.29 is 14.7 Å². The lowest BCUT2D eigenvalue weighted by Gasteiger charge is -2.62. The van der Waals surface area contributed by atoms with E-state index >= 15 is 0 Å². The average Bonchev–Trinajstić information content (AvgIpc) is 3.05. The van der Waals surface area contributed by atoms with E-state index in [0.29, 0.717) is 47.6 Å². The highest BCUT2D eigenvalue weighted by molar-refractivity contribution is 5.86. The van der Waals surface area contributed by atoms with E-state index in [1.807, 2.05) is 0 Å². The summed E-state index contributed by atoms with van der Waals surface area (Å²) >= 11 is 0. The van der Waals surface area contributed by atoms with Gasteiger partial charge in [0.1, 0.15) is 11.6 Å². The van der Waals surface area contributed by atoms with Gasteiger partial charge in [0.05, 0.1) is 6.10 Å². The van der Waals surface area contributed by atoms with Gasteiger partial charge in [0.25, 0.3) is 0 Å². The number of hydrogen-bond acceptors (Lipinski definition) is 3. The van der Waals surface area contributed by atoms with E-state index in [1.165, 1.54) is 25.7 Å². The fraction of sp³-hybridized carbons (Fsp3) is 0.926. The van der Waals surface area contributed by atoms with E-state index in [1.54, 1.807) is 6.92 Å². The number of carbonyl (C=O) groups excluding carboxylic acids is 2. The second-order valence-corrected chi connectivity index (χ2v) is 12.1. The molecule has 0 aromatic heterocycles. The Balaban J connectivity index is 1.62. The molecule has 0 radical (unpaired) electrons. The molecule has 1 N–H and O–H groups in total. The van der Waals surface area contributed by atoms with Crippen LogP contribution in [0.2, 0.25) is 0 Å². The number of ketones is 2. The predicted octanol–water partition coefficient (Wildman–Crippen LogP) is 5.83. The van der Waals surface area contributed by atoms with Crippen molar-refractivity contribution in [2.75, 3.05) is 0 Å². The Kier molecular flexibility index (Phi) is 6.01. The highest BCUT2D eigenvalue weighted by Crippen LogP contribution is 2.68. The van der Waals surface area contributed by atoms with E-state index in [-0.39, 0.29) is 28.8 Å². The van der Waals surface area contributed by atoms with Crippen LogP contribution in [0.5, 0.6) is 0 Å². The molecule has 170 valence electrons. The SMILES string of the molecule is CC[C@H]1C(=O)C2C(CC[C@@]3(C)C2CC[C@@H]3[C@H](C)CCC(C)=O)[C@@]2(C)CC[C@@H](O)CC12. The Morgan fingerprint density at radius 3 is 2.40 bits per heavy atom. The van der Waals surface area contributed by atoms with Crippen molar-refractivity contribution in [2.24, 2.45) is 52.3 Å². The number of carbonyl (C=O) groups is 2. The summed E-state index contributed by atoms with van der Waals surface area (Å²) in [5.74, 6) is 3.84. The summed E-state index contributed by atoms with van der Waals surface area (Å²) in [6.45, 7) is 11.2. The monoisotopic (exact) mass is 416 g/mol. The number of rotatable bonds is 5. The number of aliphatic hydroxyl groups is 1. The summed E-state index contributed by atoms with van der Waals surface area (Å²) in [6, 6.07) is 0. The van der Waals surface area contributed by atoms with Crippen molar-refractivity contribution in [1.29, 1.82) is 0 Å². The molecule has 0 spiro atoms. The summed E-state index contributed by atoms with van der Waals surface area (Å²) in [6.07, 6.45) is 10.1. The molecule has 4 fully saturated rings. The average molecular weight is 417 g/mol. The first-order valence-electron chi connectivity index (χ1n) is 12.8. The van der Waals surface area contributed by atoms with Crippen LogP contribution in [0.25, 0.3) is 0 Å². The molecular weight excluding hydrogens is 372 g/mol. The van der Waals surface area contributed by atoms with Crippen molar-refractivity contribution in [3.8, 4) is 0 Å². The molecule has 4 aliphatic rings. The number of fused-ring (bicyclic) bond motifs is 5. The second-order valence-electron chi connectivity index (χ2n) is 12.1. The third-order valence-electron chi connectivity index (χ3n) is 10.8. The van der Waals surface area contributed by atoms with Gasteiger partial charge in [0.2, 0.25) is 0 Å². The van der Waals surface area contributed by atoms with Crippen molar-refractivity contribution >= 4 is 11.6 Å². The van der Waals surface area contributed by atoms with Crippen molar-refractivity contribution in [3.05, 3.63) is 0 Å². The first-order chi connectivity index (χ1) is 14.1. The molecule has 0 amide bonds. The molecule has 4 unspecified atom stereocenters. The normalized spacial score (nSPS) is 49.1. The molecule has 3 nitrogen and oxygen atoms in total. The minimum atomic E-state index is -0.215. The quantitative estimate of drug-likeness (QED) is 0.614. The predicted molar refractivity (Wildman–Crippen MR) is 120 cm³/mol. The molecule has 0 heterocycles. The topological polar surface area (TPSA) is 54.4 Å². The number of aliphatic hydroxyl groups excluding tert-OH is 1. The maximum Gasteiger partial charge on any atom is 0.139 e. The second kappa shape index (κ2) is 8.01. The van der Waals surface area contributed by atoms with Crippen molar-refractivity contribution in [1.82, 2.24) is 0 Å². The van der Waals surface area contributed by atoms with Crippen LogP contribution in [0.1, 0.15) is 98.8 Å². The van der Waals surface area contributed by atoms with Gasteiger partial charge in [-0.2, -0.15) is 0 Å². The van der Waals surface area contributed by atoms with Crippen LogP contribution in [-0.2, 0) is 9.59 Å². The molecule has 3 heteroatoms. The minimum absolute atomic E-state index is 0.141. The van der Waals surface area contributed by atoms with E-state index in [4.69, 9.17) is 0 Å². The lowest BCUT2D eigenvalue weighted by Crippen LogP contribution is -2.60. The molecule has 0 aliphatic heterocycles. The molecule has 0 saturated heterocycles. The van der Waals surface area contributed by atoms with Gasteiger partial charge < -0.3 is 9.90 Å². The number of Topliss-reactive ketones (excluding diaryl/α,β-unsaturated/α-hetero) is 2.